The van der Waals surface area contributed by atoms with Crippen LogP contribution in [-0.2, 0) is 11.3 Å². The molecule has 2 aromatic carbocycles. The number of carbonyl (C=O) groups excluding carboxylic acids is 1. The van der Waals surface area contributed by atoms with Gasteiger partial charge in [-0.25, -0.2) is 14.2 Å². The Morgan fingerprint density at radius 1 is 1.44 bits per heavy atom. The van der Waals surface area contributed by atoms with E-state index in [-0.39, 0.29) is 28.8 Å². The van der Waals surface area contributed by atoms with E-state index in [2.05, 4.69) is 10.3 Å². The van der Waals surface area contributed by atoms with Crippen LogP contribution in [-0.4, -0.2) is 26.9 Å². The molecule has 0 radical (unpaired) electrons. The summed E-state index contributed by atoms with van der Waals surface area (Å²) in [6, 6.07) is 6.23. The highest BCUT2D eigenvalue weighted by atomic mass is 35.5. The molecule has 8 heteroatoms. The van der Waals surface area contributed by atoms with E-state index in [0.29, 0.717) is 17.0 Å². The van der Waals surface area contributed by atoms with E-state index in [1.165, 1.54) is 17.0 Å². The number of anilines is 2. The third kappa shape index (κ3) is 3.06. The molecule has 0 amide bonds. The molecule has 2 N–H and O–H groups in total. The highest BCUT2D eigenvalue weighted by molar-refractivity contribution is 6.30. The molecule has 0 saturated carbocycles. The minimum Gasteiger partial charge on any atom is -0.478 e. The number of hydrogen-bond acceptors (Lipinski definition) is 4. The van der Waals surface area contributed by atoms with Gasteiger partial charge < -0.3 is 19.8 Å². The van der Waals surface area contributed by atoms with E-state index in [1.54, 1.807) is 25.1 Å². The Labute approximate surface area is 146 Å². The van der Waals surface area contributed by atoms with Crippen LogP contribution in [0.5, 0.6) is 0 Å². The summed E-state index contributed by atoms with van der Waals surface area (Å²) in [6.45, 7) is 1.72. The molecule has 6 nitrogen and oxygen atoms in total. The Kier molecular flexibility index (Phi) is 4.41. The molecule has 128 valence electrons. The Hall–Kier alpha value is -2.93. The summed E-state index contributed by atoms with van der Waals surface area (Å²) >= 11 is 5.91. The fourth-order valence-electron chi connectivity index (χ4n) is 2.58. The molecular weight excluding hydrogens is 349 g/mol. The van der Waals surface area contributed by atoms with E-state index in [9.17, 15) is 19.1 Å². The van der Waals surface area contributed by atoms with Gasteiger partial charge in [-0.1, -0.05) is 11.6 Å². The second-order valence-electron chi connectivity index (χ2n) is 5.43. The van der Waals surface area contributed by atoms with Gasteiger partial charge in [-0.15, -0.1) is 0 Å². The molecule has 25 heavy (non-hydrogen) atoms. The molecule has 0 fully saturated rings. The van der Waals surface area contributed by atoms with Gasteiger partial charge in [0.25, 0.3) is 0 Å². The first kappa shape index (κ1) is 16.9. The maximum absolute atomic E-state index is 14.9. The first-order valence-electron chi connectivity index (χ1n) is 7.29. The fraction of sp³-hybridized carbons (Fsp3) is 0.118. The van der Waals surface area contributed by atoms with Crippen LogP contribution in [0.2, 0.25) is 5.02 Å². The number of imidazole rings is 1. The number of aromatic nitrogens is 2. The zero-order valence-electron chi connectivity index (χ0n) is 13.1. The van der Waals surface area contributed by atoms with Crippen LogP contribution in [0.1, 0.15) is 15.9 Å². The number of aryl methyl sites for hydroxylation is 1. The van der Waals surface area contributed by atoms with Crippen molar-refractivity contribution in [1.82, 2.24) is 9.55 Å². The SMILES string of the molecule is Cc1cc(Cl)ccc1Nc1c(C(=O)O)cc2c(ncn2CC=O)c1F. The minimum atomic E-state index is -1.30. The van der Waals surface area contributed by atoms with Crippen molar-refractivity contribution in [2.24, 2.45) is 0 Å². The summed E-state index contributed by atoms with van der Waals surface area (Å²) < 4.78 is 16.3. The number of benzene rings is 2. The van der Waals surface area contributed by atoms with Gasteiger partial charge in [-0.05, 0) is 36.8 Å². The molecule has 0 unspecified atom stereocenters. The molecule has 3 aromatic rings. The highest BCUT2D eigenvalue weighted by Gasteiger charge is 2.21. The van der Waals surface area contributed by atoms with E-state index < -0.39 is 11.8 Å². The summed E-state index contributed by atoms with van der Waals surface area (Å²) in [4.78, 5) is 26.3. The maximum Gasteiger partial charge on any atom is 0.338 e. The van der Waals surface area contributed by atoms with Crippen molar-refractivity contribution in [2.75, 3.05) is 5.32 Å². The van der Waals surface area contributed by atoms with Crippen LogP contribution >= 0.6 is 11.6 Å². The third-order valence-electron chi connectivity index (χ3n) is 3.81. The zero-order valence-corrected chi connectivity index (χ0v) is 13.8. The molecule has 0 bridgehead atoms. The first-order valence-corrected chi connectivity index (χ1v) is 7.67. The van der Waals surface area contributed by atoms with Gasteiger partial charge in [0.2, 0.25) is 0 Å². The number of hydrogen-bond donors (Lipinski definition) is 2. The summed E-state index contributed by atoms with van der Waals surface area (Å²) in [5, 5.41) is 12.8. The Morgan fingerprint density at radius 3 is 2.84 bits per heavy atom. The van der Waals surface area contributed by atoms with Crippen LogP contribution in [0.15, 0.2) is 30.6 Å². The number of carboxylic acids is 1. The normalized spacial score (nSPS) is 10.8. The number of carbonyl (C=O) groups is 2. The summed E-state index contributed by atoms with van der Waals surface area (Å²) in [6.07, 6.45) is 1.92. The number of rotatable bonds is 5. The van der Waals surface area contributed by atoms with E-state index in [4.69, 9.17) is 11.6 Å². The topological polar surface area (TPSA) is 84.2 Å². The predicted molar refractivity (Wildman–Crippen MR) is 92.2 cm³/mol. The monoisotopic (exact) mass is 361 g/mol. The lowest BCUT2D eigenvalue weighted by Gasteiger charge is -2.14. The average molecular weight is 362 g/mol. The van der Waals surface area contributed by atoms with Gasteiger partial charge in [-0.2, -0.15) is 0 Å². The molecule has 3 rings (SSSR count). The van der Waals surface area contributed by atoms with E-state index in [0.717, 1.165) is 5.56 Å². The molecule has 0 aliphatic heterocycles. The van der Waals surface area contributed by atoms with Crippen LogP contribution < -0.4 is 5.32 Å². The number of fused-ring (bicyclic) bond motifs is 1. The van der Waals surface area contributed by atoms with Crippen LogP contribution in [0.4, 0.5) is 15.8 Å². The lowest BCUT2D eigenvalue weighted by Crippen LogP contribution is -2.07. The minimum absolute atomic E-state index is 0.0130. The van der Waals surface area contributed by atoms with Crippen molar-refractivity contribution in [1.29, 1.82) is 0 Å². The first-order chi connectivity index (χ1) is 11.9. The van der Waals surface area contributed by atoms with Gasteiger partial charge in [0, 0.05) is 10.7 Å². The van der Waals surface area contributed by atoms with Crippen LogP contribution in [0.3, 0.4) is 0 Å². The fourth-order valence-corrected chi connectivity index (χ4v) is 2.80. The number of aromatic carboxylic acids is 1. The molecule has 0 atom stereocenters. The molecule has 1 aromatic heterocycles. The van der Waals surface area contributed by atoms with Crippen molar-refractivity contribution >= 4 is 46.3 Å². The summed E-state index contributed by atoms with van der Waals surface area (Å²) in [5.41, 5.74) is 1.03. The van der Waals surface area contributed by atoms with Crippen molar-refractivity contribution in [2.45, 2.75) is 13.5 Å². The summed E-state index contributed by atoms with van der Waals surface area (Å²) in [7, 11) is 0. The Morgan fingerprint density at radius 2 is 2.20 bits per heavy atom. The van der Waals surface area contributed by atoms with Crippen molar-refractivity contribution in [3.63, 3.8) is 0 Å². The number of carboxylic acid groups (broad SMARTS) is 1. The molecule has 0 aliphatic rings. The average Bonchev–Trinajstić information content (AvgIpc) is 2.95. The third-order valence-corrected chi connectivity index (χ3v) is 4.04. The molecule has 1 heterocycles. The molecular formula is C17H13ClFN3O3. The van der Waals surface area contributed by atoms with E-state index in [1.807, 2.05) is 0 Å². The smallest absolute Gasteiger partial charge is 0.338 e. The second-order valence-corrected chi connectivity index (χ2v) is 5.87. The summed E-state index contributed by atoms with van der Waals surface area (Å²) in [5.74, 6) is -2.09. The lowest BCUT2D eigenvalue weighted by molar-refractivity contribution is -0.108. The zero-order chi connectivity index (χ0) is 18.1. The van der Waals surface area contributed by atoms with Gasteiger partial charge in [0.05, 0.1) is 29.6 Å². The number of halogens is 2. The highest BCUT2D eigenvalue weighted by Crippen LogP contribution is 2.32. The predicted octanol–water partition coefficient (Wildman–Crippen LogP) is 3.78. The molecule has 0 spiro atoms. The number of nitrogens with zero attached hydrogens (tertiary/aromatic N) is 2. The van der Waals surface area contributed by atoms with Crippen LogP contribution in [0, 0.1) is 12.7 Å². The standard InChI is InChI=1S/C17H13ClFN3O3/c1-9-6-10(18)2-3-12(9)21-15-11(17(24)25)7-13-16(14(15)19)20-8-22(13)4-5-23/h2-3,5-8,21H,4H2,1H3,(H,24,25). The Balaban J connectivity index is 2.19. The maximum atomic E-state index is 14.9. The van der Waals surface area contributed by atoms with Gasteiger partial charge in [0.15, 0.2) is 5.82 Å². The van der Waals surface area contributed by atoms with Gasteiger partial charge in [-0.3, -0.25) is 0 Å². The molecule has 0 aliphatic carbocycles. The Bertz CT molecular complexity index is 1000. The largest absolute Gasteiger partial charge is 0.478 e. The van der Waals surface area contributed by atoms with Gasteiger partial charge in [0.1, 0.15) is 11.8 Å². The van der Waals surface area contributed by atoms with Crippen molar-refractivity contribution in [3.05, 3.63) is 52.6 Å². The van der Waals surface area contributed by atoms with Crippen molar-refractivity contribution in [3.8, 4) is 0 Å². The molecule has 0 saturated heterocycles. The van der Waals surface area contributed by atoms with Crippen LogP contribution in [0.25, 0.3) is 11.0 Å². The number of aldehydes is 1. The van der Waals surface area contributed by atoms with Gasteiger partial charge >= 0.3 is 5.97 Å². The van der Waals surface area contributed by atoms with E-state index >= 15 is 0 Å². The lowest BCUT2D eigenvalue weighted by atomic mass is 10.1. The van der Waals surface area contributed by atoms with Crippen molar-refractivity contribution < 1.29 is 19.1 Å². The number of nitrogens with one attached hydrogen (secondary N) is 1. The quantitative estimate of drug-likeness (QED) is 0.676. The second kappa shape index (κ2) is 6.52.